The molecule has 82 valence electrons. The van der Waals surface area contributed by atoms with Gasteiger partial charge in [-0.15, -0.1) is 0 Å². The average molecular weight is 214 g/mol. The van der Waals surface area contributed by atoms with Crippen molar-refractivity contribution in [3.05, 3.63) is 0 Å². The summed E-state index contributed by atoms with van der Waals surface area (Å²) in [6.07, 6.45) is 4.98. The van der Waals surface area contributed by atoms with Crippen LogP contribution >= 0.6 is 11.8 Å². The summed E-state index contributed by atoms with van der Waals surface area (Å²) in [6.45, 7) is 7.72. The van der Waals surface area contributed by atoms with Crippen LogP contribution in [0.3, 0.4) is 0 Å². The van der Waals surface area contributed by atoms with Crippen LogP contribution in [0, 0.1) is 0 Å². The largest absolute Gasteiger partial charge is 0.359 e. The maximum atomic E-state index is 4.57. The van der Waals surface area contributed by atoms with Crippen molar-refractivity contribution in [1.82, 2.24) is 5.32 Å². The summed E-state index contributed by atoms with van der Waals surface area (Å²) >= 11 is 1.87. The molecule has 0 aliphatic carbocycles. The van der Waals surface area contributed by atoms with Gasteiger partial charge in [0.1, 0.15) is 0 Å². The SMILES string of the molecule is CCCCCN=C1NC(C)(CC)CS1. The Morgan fingerprint density at radius 1 is 1.43 bits per heavy atom. The van der Waals surface area contributed by atoms with E-state index < -0.39 is 0 Å². The molecule has 1 aliphatic heterocycles. The van der Waals surface area contributed by atoms with Gasteiger partial charge in [-0.1, -0.05) is 38.5 Å². The van der Waals surface area contributed by atoms with Crippen LogP contribution in [0.5, 0.6) is 0 Å². The summed E-state index contributed by atoms with van der Waals surface area (Å²) in [5, 5.41) is 4.66. The number of nitrogens with zero attached hydrogens (tertiary/aromatic N) is 1. The molecule has 0 aromatic heterocycles. The number of rotatable bonds is 5. The molecule has 1 aliphatic rings. The molecule has 1 fully saturated rings. The van der Waals surface area contributed by atoms with Crippen LogP contribution in [0.4, 0.5) is 0 Å². The third-order valence-electron chi connectivity index (χ3n) is 2.73. The Balaban J connectivity index is 2.27. The van der Waals surface area contributed by atoms with Crippen LogP contribution in [0.2, 0.25) is 0 Å². The Kier molecular flexibility index (Phi) is 4.79. The van der Waals surface area contributed by atoms with Crippen molar-refractivity contribution in [3.8, 4) is 0 Å². The fourth-order valence-corrected chi connectivity index (χ4v) is 2.61. The van der Waals surface area contributed by atoms with E-state index in [1.807, 2.05) is 11.8 Å². The number of amidine groups is 1. The van der Waals surface area contributed by atoms with Crippen LogP contribution in [-0.2, 0) is 0 Å². The molecule has 0 aromatic rings. The molecule has 1 atom stereocenters. The number of nitrogens with one attached hydrogen (secondary N) is 1. The van der Waals surface area contributed by atoms with Gasteiger partial charge in [-0.3, -0.25) is 4.99 Å². The highest BCUT2D eigenvalue weighted by Crippen LogP contribution is 2.25. The molecule has 0 bridgehead atoms. The normalized spacial score (nSPS) is 29.5. The van der Waals surface area contributed by atoms with E-state index in [4.69, 9.17) is 0 Å². The number of unbranched alkanes of at least 4 members (excludes halogenated alkanes) is 2. The highest BCUT2D eigenvalue weighted by atomic mass is 32.2. The molecule has 3 heteroatoms. The molecule has 0 spiro atoms. The highest BCUT2D eigenvalue weighted by molar-refractivity contribution is 8.14. The summed E-state index contributed by atoms with van der Waals surface area (Å²) in [5.41, 5.74) is 0.286. The number of hydrogen-bond donors (Lipinski definition) is 1. The van der Waals surface area contributed by atoms with E-state index in [0.717, 1.165) is 17.5 Å². The Bertz CT molecular complexity index is 203. The van der Waals surface area contributed by atoms with Crippen LogP contribution in [-0.4, -0.2) is 23.0 Å². The van der Waals surface area contributed by atoms with Crippen LogP contribution in [0.25, 0.3) is 0 Å². The zero-order chi connectivity index (χ0) is 10.4. The molecule has 0 saturated carbocycles. The molecule has 0 amide bonds. The van der Waals surface area contributed by atoms with Crippen molar-refractivity contribution >= 4 is 16.9 Å². The molecule has 14 heavy (non-hydrogen) atoms. The van der Waals surface area contributed by atoms with Gasteiger partial charge in [0.15, 0.2) is 5.17 Å². The Hall–Kier alpha value is -0.180. The fourth-order valence-electron chi connectivity index (χ4n) is 1.38. The van der Waals surface area contributed by atoms with Gasteiger partial charge in [0.25, 0.3) is 0 Å². The van der Waals surface area contributed by atoms with E-state index in [2.05, 4.69) is 31.1 Å². The van der Waals surface area contributed by atoms with Gasteiger partial charge in [-0.2, -0.15) is 0 Å². The van der Waals surface area contributed by atoms with E-state index in [-0.39, 0.29) is 5.54 Å². The van der Waals surface area contributed by atoms with Gasteiger partial charge in [0, 0.05) is 17.8 Å². The quantitative estimate of drug-likeness (QED) is 0.711. The van der Waals surface area contributed by atoms with Gasteiger partial charge in [-0.05, 0) is 19.8 Å². The molecule has 1 saturated heterocycles. The van der Waals surface area contributed by atoms with E-state index in [1.54, 1.807) is 0 Å². The lowest BCUT2D eigenvalue weighted by molar-refractivity contribution is 0.466. The van der Waals surface area contributed by atoms with Gasteiger partial charge < -0.3 is 5.32 Å². The van der Waals surface area contributed by atoms with Crippen molar-refractivity contribution in [2.24, 2.45) is 4.99 Å². The number of aliphatic imine (C=N–C) groups is 1. The second-order valence-corrected chi connectivity index (χ2v) is 5.19. The van der Waals surface area contributed by atoms with Gasteiger partial charge in [-0.25, -0.2) is 0 Å². The lowest BCUT2D eigenvalue weighted by Crippen LogP contribution is -2.39. The first-order valence-corrected chi connectivity index (χ1v) is 6.64. The smallest absolute Gasteiger partial charge is 0.157 e. The van der Waals surface area contributed by atoms with Crippen molar-refractivity contribution < 1.29 is 0 Å². The Morgan fingerprint density at radius 2 is 2.21 bits per heavy atom. The minimum absolute atomic E-state index is 0.286. The minimum atomic E-state index is 0.286. The van der Waals surface area contributed by atoms with E-state index in [0.29, 0.717) is 0 Å². The lowest BCUT2D eigenvalue weighted by Gasteiger charge is -2.20. The monoisotopic (exact) mass is 214 g/mol. The van der Waals surface area contributed by atoms with Gasteiger partial charge in [0.2, 0.25) is 0 Å². The Morgan fingerprint density at radius 3 is 2.79 bits per heavy atom. The second kappa shape index (κ2) is 5.64. The zero-order valence-electron chi connectivity index (χ0n) is 9.60. The van der Waals surface area contributed by atoms with E-state index in [9.17, 15) is 0 Å². The molecular weight excluding hydrogens is 192 g/mol. The standard InChI is InChI=1S/C11H22N2S/c1-4-6-7-8-12-10-13-11(3,5-2)9-14-10/h4-9H2,1-3H3,(H,12,13). The lowest BCUT2D eigenvalue weighted by atomic mass is 10.0. The third kappa shape index (κ3) is 3.52. The molecular formula is C11H22N2S. The van der Waals surface area contributed by atoms with Crippen LogP contribution in [0.15, 0.2) is 4.99 Å². The topological polar surface area (TPSA) is 24.4 Å². The van der Waals surface area contributed by atoms with Crippen molar-refractivity contribution in [2.75, 3.05) is 12.3 Å². The van der Waals surface area contributed by atoms with Gasteiger partial charge >= 0.3 is 0 Å². The van der Waals surface area contributed by atoms with E-state index in [1.165, 1.54) is 25.7 Å². The summed E-state index contributed by atoms with van der Waals surface area (Å²) in [6, 6.07) is 0. The maximum Gasteiger partial charge on any atom is 0.157 e. The number of thioether (sulfide) groups is 1. The van der Waals surface area contributed by atoms with Gasteiger partial charge in [0.05, 0.1) is 0 Å². The predicted molar refractivity (Wildman–Crippen MR) is 66.1 cm³/mol. The summed E-state index contributed by atoms with van der Waals surface area (Å²) in [5.74, 6) is 1.16. The summed E-state index contributed by atoms with van der Waals surface area (Å²) < 4.78 is 0. The first-order chi connectivity index (χ1) is 6.70. The Labute approximate surface area is 92.0 Å². The molecule has 1 rings (SSSR count). The van der Waals surface area contributed by atoms with Crippen molar-refractivity contribution in [3.63, 3.8) is 0 Å². The first-order valence-electron chi connectivity index (χ1n) is 5.65. The molecule has 0 radical (unpaired) electrons. The molecule has 0 aromatic carbocycles. The first kappa shape index (κ1) is 11.9. The summed E-state index contributed by atoms with van der Waals surface area (Å²) in [7, 11) is 0. The summed E-state index contributed by atoms with van der Waals surface area (Å²) in [4.78, 5) is 4.57. The molecule has 1 N–H and O–H groups in total. The zero-order valence-corrected chi connectivity index (χ0v) is 10.4. The highest BCUT2D eigenvalue weighted by Gasteiger charge is 2.30. The maximum absolute atomic E-state index is 4.57. The predicted octanol–water partition coefficient (Wildman–Crippen LogP) is 3.04. The van der Waals surface area contributed by atoms with Crippen molar-refractivity contribution in [2.45, 2.75) is 52.0 Å². The van der Waals surface area contributed by atoms with E-state index >= 15 is 0 Å². The average Bonchev–Trinajstić information content (AvgIpc) is 2.56. The third-order valence-corrected chi connectivity index (χ3v) is 4.02. The second-order valence-electron chi connectivity index (χ2n) is 4.22. The number of hydrogen-bond acceptors (Lipinski definition) is 2. The fraction of sp³-hybridized carbons (Fsp3) is 0.909. The van der Waals surface area contributed by atoms with Crippen molar-refractivity contribution in [1.29, 1.82) is 0 Å². The van der Waals surface area contributed by atoms with Crippen LogP contribution < -0.4 is 5.32 Å². The molecule has 2 nitrogen and oxygen atoms in total. The minimum Gasteiger partial charge on any atom is -0.359 e. The van der Waals surface area contributed by atoms with Crippen LogP contribution in [0.1, 0.15) is 46.5 Å². The molecule has 1 heterocycles. The molecule has 1 unspecified atom stereocenters.